The summed E-state index contributed by atoms with van der Waals surface area (Å²) in [6.07, 6.45) is 3.51. The van der Waals surface area contributed by atoms with Crippen LogP contribution in [0, 0.1) is 0 Å². The topological polar surface area (TPSA) is 129 Å². The predicted octanol–water partition coefficient (Wildman–Crippen LogP) is 3.32. The van der Waals surface area contributed by atoms with Crippen LogP contribution in [0.5, 0.6) is 0 Å². The largest absolute Gasteiger partial charge is 0.444 e. The van der Waals surface area contributed by atoms with Crippen LogP contribution in [0.4, 0.5) is 10.5 Å². The molecule has 2 rings (SSSR count). The monoisotopic (exact) mass is 424 g/mol. The second-order valence-electron chi connectivity index (χ2n) is 7.38. The molecule has 0 radical (unpaired) electrons. The van der Waals surface area contributed by atoms with Crippen molar-refractivity contribution in [1.29, 1.82) is 0 Å². The third-order valence-corrected chi connectivity index (χ3v) is 3.62. The molecule has 0 aromatic heterocycles. The number of hydrazone groups is 1. The van der Waals surface area contributed by atoms with E-state index in [9.17, 15) is 14.4 Å². The third kappa shape index (κ3) is 8.50. The van der Waals surface area contributed by atoms with Crippen molar-refractivity contribution in [1.82, 2.24) is 10.9 Å². The molecule has 9 heteroatoms. The highest BCUT2D eigenvalue weighted by molar-refractivity contribution is 5.96. The zero-order valence-corrected chi connectivity index (χ0v) is 17.4. The highest BCUT2D eigenvalue weighted by Crippen LogP contribution is 2.12. The van der Waals surface area contributed by atoms with Gasteiger partial charge < -0.3 is 4.74 Å². The van der Waals surface area contributed by atoms with E-state index in [1.54, 1.807) is 69.3 Å². The summed E-state index contributed by atoms with van der Waals surface area (Å²) < 4.78 is 5.19. The first-order valence-corrected chi connectivity index (χ1v) is 9.32. The standard InChI is InChI=1S/C22H24N4O5/c1-22(2,3)31-21(29)24-18-10-7-16(8-11-18)14-23-25-20(28)17-6-4-5-15(13-17)9-12-19(27)26-30/h4-14,30H,1-3H3,(H,24,29)(H,25,28)(H,26,27)/b12-9+,23-14+. The Hall–Kier alpha value is -3.98. The first-order valence-electron chi connectivity index (χ1n) is 9.32. The lowest BCUT2D eigenvalue weighted by Gasteiger charge is -2.19. The molecule has 0 saturated heterocycles. The van der Waals surface area contributed by atoms with Crippen LogP contribution in [0.2, 0.25) is 0 Å². The van der Waals surface area contributed by atoms with E-state index in [-0.39, 0.29) is 0 Å². The molecule has 0 heterocycles. The van der Waals surface area contributed by atoms with Gasteiger partial charge in [0.2, 0.25) is 0 Å². The number of carbonyl (C=O) groups is 3. The number of hydrogen-bond acceptors (Lipinski definition) is 6. The van der Waals surface area contributed by atoms with Crippen LogP contribution in [0.15, 0.2) is 59.7 Å². The zero-order valence-electron chi connectivity index (χ0n) is 17.4. The van der Waals surface area contributed by atoms with Crippen LogP contribution in [0.1, 0.15) is 42.3 Å². The lowest BCUT2D eigenvalue weighted by atomic mass is 10.1. The molecule has 2 aromatic rings. The van der Waals surface area contributed by atoms with Crippen LogP contribution in [-0.2, 0) is 9.53 Å². The number of anilines is 1. The average Bonchev–Trinajstić information content (AvgIpc) is 2.72. The Morgan fingerprint density at radius 2 is 1.74 bits per heavy atom. The van der Waals surface area contributed by atoms with Crippen molar-refractivity contribution in [2.24, 2.45) is 5.10 Å². The number of nitrogens with zero attached hydrogens (tertiary/aromatic N) is 1. The number of benzene rings is 2. The van der Waals surface area contributed by atoms with Crippen molar-refractivity contribution in [2.45, 2.75) is 26.4 Å². The molecular weight excluding hydrogens is 400 g/mol. The van der Waals surface area contributed by atoms with Crippen LogP contribution < -0.4 is 16.2 Å². The van der Waals surface area contributed by atoms with Gasteiger partial charge in [0.25, 0.3) is 11.8 Å². The highest BCUT2D eigenvalue weighted by atomic mass is 16.6. The number of amides is 3. The Bertz CT molecular complexity index is 992. The van der Waals surface area contributed by atoms with Gasteiger partial charge in [0.15, 0.2) is 0 Å². The van der Waals surface area contributed by atoms with E-state index >= 15 is 0 Å². The van der Waals surface area contributed by atoms with Gasteiger partial charge in [0.1, 0.15) is 5.60 Å². The molecule has 0 fully saturated rings. The predicted molar refractivity (Wildman–Crippen MR) is 117 cm³/mol. The fourth-order valence-electron chi connectivity index (χ4n) is 2.30. The SMILES string of the molecule is CC(C)(C)OC(=O)Nc1ccc(/C=N/NC(=O)c2cccc(/C=C/C(=O)NO)c2)cc1. The van der Waals surface area contributed by atoms with E-state index in [1.807, 2.05) is 0 Å². The minimum atomic E-state index is -0.674. The van der Waals surface area contributed by atoms with Gasteiger partial charge in [-0.15, -0.1) is 0 Å². The summed E-state index contributed by atoms with van der Waals surface area (Å²) in [5.41, 5.74) is 5.55. The maximum Gasteiger partial charge on any atom is 0.412 e. The second kappa shape index (κ2) is 10.7. The summed E-state index contributed by atoms with van der Waals surface area (Å²) in [6, 6.07) is 13.4. The highest BCUT2D eigenvalue weighted by Gasteiger charge is 2.16. The third-order valence-electron chi connectivity index (χ3n) is 3.62. The van der Waals surface area contributed by atoms with Crippen LogP contribution in [-0.4, -0.2) is 34.9 Å². The van der Waals surface area contributed by atoms with Gasteiger partial charge >= 0.3 is 6.09 Å². The molecule has 9 nitrogen and oxygen atoms in total. The maximum atomic E-state index is 12.2. The number of ether oxygens (including phenoxy) is 1. The van der Waals surface area contributed by atoms with E-state index in [1.165, 1.54) is 17.8 Å². The number of nitrogens with one attached hydrogen (secondary N) is 3. The minimum Gasteiger partial charge on any atom is -0.444 e. The Labute approximate surface area is 179 Å². The number of hydroxylamine groups is 1. The molecule has 162 valence electrons. The van der Waals surface area contributed by atoms with E-state index < -0.39 is 23.5 Å². The summed E-state index contributed by atoms with van der Waals surface area (Å²) in [7, 11) is 0. The van der Waals surface area contributed by atoms with E-state index in [0.717, 1.165) is 6.08 Å². The summed E-state index contributed by atoms with van der Waals surface area (Å²) in [5.74, 6) is -1.10. The summed E-state index contributed by atoms with van der Waals surface area (Å²) in [6.45, 7) is 5.34. The molecule has 4 N–H and O–H groups in total. The molecule has 0 aliphatic carbocycles. The van der Waals surface area contributed by atoms with Gasteiger partial charge in [-0.1, -0.05) is 24.3 Å². The summed E-state index contributed by atoms with van der Waals surface area (Å²) >= 11 is 0. The Morgan fingerprint density at radius 3 is 2.39 bits per heavy atom. The molecule has 2 aromatic carbocycles. The lowest BCUT2D eigenvalue weighted by molar-refractivity contribution is -0.124. The van der Waals surface area contributed by atoms with Crippen LogP contribution >= 0.6 is 0 Å². The van der Waals surface area contributed by atoms with Gasteiger partial charge in [-0.25, -0.2) is 15.7 Å². The van der Waals surface area contributed by atoms with Crippen LogP contribution in [0.25, 0.3) is 6.08 Å². The molecule has 0 bridgehead atoms. The maximum absolute atomic E-state index is 12.2. The fourth-order valence-corrected chi connectivity index (χ4v) is 2.30. The number of carbonyl (C=O) groups excluding carboxylic acids is 3. The molecular formula is C22H24N4O5. The minimum absolute atomic E-state index is 0.348. The van der Waals surface area contributed by atoms with Crippen molar-refractivity contribution >= 4 is 35.9 Å². The number of rotatable bonds is 6. The average molecular weight is 424 g/mol. The smallest absolute Gasteiger partial charge is 0.412 e. The van der Waals surface area contributed by atoms with E-state index in [2.05, 4.69) is 15.8 Å². The molecule has 31 heavy (non-hydrogen) atoms. The molecule has 0 unspecified atom stereocenters. The Balaban J connectivity index is 1.92. The molecule has 0 saturated carbocycles. The first kappa shape index (κ1) is 23.3. The fraction of sp³-hybridized carbons (Fsp3) is 0.182. The van der Waals surface area contributed by atoms with Gasteiger partial charge in [-0.3, -0.25) is 20.1 Å². The van der Waals surface area contributed by atoms with Gasteiger partial charge in [-0.05, 0) is 62.2 Å². The summed E-state index contributed by atoms with van der Waals surface area (Å²) in [4.78, 5) is 35.0. The Morgan fingerprint density at radius 1 is 1.03 bits per heavy atom. The van der Waals surface area contributed by atoms with E-state index in [4.69, 9.17) is 9.94 Å². The molecule has 0 spiro atoms. The van der Waals surface area contributed by atoms with Crippen molar-refractivity contribution in [3.8, 4) is 0 Å². The van der Waals surface area contributed by atoms with Crippen LogP contribution in [0.3, 0.4) is 0 Å². The molecule has 3 amide bonds. The van der Waals surface area contributed by atoms with Crippen molar-refractivity contribution in [3.05, 3.63) is 71.3 Å². The first-order chi connectivity index (χ1) is 14.7. The zero-order chi connectivity index (χ0) is 22.9. The lowest BCUT2D eigenvalue weighted by Crippen LogP contribution is -2.27. The van der Waals surface area contributed by atoms with Gasteiger partial charge in [0.05, 0.1) is 6.21 Å². The second-order valence-corrected chi connectivity index (χ2v) is 7.38. The summed E-state index contributed by atoms with van der Waals surface area (Å²) in [5, 5.41) is 15.0. The molecule has 0 aliphatic rings. The normalized spacial score (nSPS) is 11.4. The van der Waals surface area contributed by atoms with Gasteiger partial charge in [-0.2, -0.15) is 5.10 Å². The Kier molecular flexibility index (Phi) is 8.04. The van der Waals surface area contributed by atoms with Crippen molar-refractivity contribution < 1.29 is 24.3 Å². The van der Waals surface area contributed by atoms with Gasteiger partial charge in [0, 0.05) is 17.3 Å². The van der Waals surface area contributed by atoms with Crippen molar-refractivity contribution in [3.63, 3.8) is 0 Å². The number of hydrogen-bond donors (Lipinski definition) is 4. The van der Waals surface area contributed by atoms with E-state index in [0.29, 0.717) is 22.4 Å². The molecule has 0 aliphatic heterocycles. The quantitative estimate of drug-likeness (QED) is 0.245. The van der Waals surface area contributed by atoms with Crippen molar-refractivity contribution in [2.75, 3.05) is 5.32 Å². The molecule has 0 atom stereocenters.